The molecule has 0 unspecified atom stereocenters. The minimum absolute atomic E-state index is 0.126. The third kappa shape index (κ3) is 7.37. The fourth-order valence-corrected chi connectivity index (χ4v) is 4.38. The second-order valence-electron chi connectivity index (χ2n) is 8.83. The van der Waals surface area contributed by atoms with Crippen molar-refractivity contribution in [2.24, 2.45) is 0 Å². The predicted molar refractivity (Wildman–Crippen MR) is 151 cm³/mol. The zero-order valence-corrected chi connectivity index (χ0v) is 22.5. The SMILES string of the molecule is COc1ccc(CN(C(=O)Cc2ccc(Cl)cc2)[C@@H](C(=O)NCc2ccc(Cl)cc2)c2ccccc2)cc1. The van der Waals surface area contributed by atoms with Gasteiger partial charge in [0.05, 0.1) is 13.5 Å². The molecule has 0 aliphatic carbocycles. The third-order valence-electron chi connectivity index (χ3n) is 6.16. The van der Waals surface area contributed by atoms with Crippen molar-refractivity contribution in [2.75, 3.05) is 7.11 Å². The van der Waals surface area contributed by atoms with Crippen LogP contribution in [0.2, 0.25) is 10.0 Å². The molecule has 4 aromatic carbocycles. The molecule has 0 fully saturated rings. The van der Waals surface area contributed by atoms with Gasteiger partial charge < -0.3 is 15.0 Å². The maximum absolute atomic E-state index is 13.8. The molecule has 0 heterocycles. The van der Waals surface area contributed by atoms with Crippen molar-refractivity contribution in [3.8, 4) is 5.75 Å². The van der Waals surface area contributed by atoms with Gasteiger partial charge in [-0.2, -0.15) is 0 Å². The van der Waals surface area contributed by atoms with Crippen LogP contribution >= 0.6 is 23.2 Å². The average Bonchev–Trinajstić information content (AvgIpc) is 2.94. The van der Waals surface area contributed by atoms with Crippen molar-refractivity contribution in [3.05, 3.63) is 135 Å². The summed E-state index contributed by atoms with van der Waals surface area (Å²) < 4.78 is 5.28. The summed E-state index contributed by atoms with van der Waals surface area (Å²) in [5.74, 6) is 0.260. The van der Waals surface area contributed by atoms with Crippen molar-refractivity contribution >= 4 is 35.0 Å². The number of methoxy groups -OCH3 is 1. The van der Waals surface area contributed by atoms with Crippen molar-refractivity contribution in [1.29, 1.82) is 0 Å². The molecular weight excluding hydrogens is 519 g/mol. The van der Waals surface area contributed by atoms with E-state index in [-0.39, 0.29) is 24.8 Å². The van der Waals surface area contributed by atoms with E-state index in [9.17, 15) is 9.59 Å². The molecule has 0 radical (unpaired) electrons. The fraction of sp³-hybridized carbons (Fsp3) is 0.161. The number of carbonyl (C=O) groups is 2. The number of carbonyl (C=O) groups excluding carboxylic acids is 2. The maximum Gasteiger partial charge on any atom is 0.247 e. The zero-order valence-electron chi connectivity index (χ0n) is 20.9. The highest BCUT2D eigenvalue weighted by molar-refractivity contribution is 6.30. The Balaban J connectivity index is 1.66. The second-order valence-corrected chi connectivity index (χ2v) is 9.70. The molecule has 0 spiro atoms. The third-order valence-corrected chi connectivity index (χ3v) is 6.66. The van der Waals surface area contributed by atoms with E-state index in [4.69, 9.17) is 27.9 Å². The molecule has 4 aromatic rings. The lowest BCUT2D eigenvalue weighted by Crippen LogP contribution is -2.43. The van der Waals surface area contributed by atoms with Crippen LogP contribution in [0.1, 0.15) is 28.3 Å². The summed E-state index contributed by atoms with van der Waals surface area (Å²) in [6.07, 6.45) is 0.126. The Morgan fingerprint density at radius 2 is 1.32 bits per heavy atom. The van der Waals surface area contributed by atoms with Crippen molar-refractivity contribution in [2.45, 2.75) is 25.6 Å². The second kappa shape index (κ2) is 13.1. The molecule has 5 nitrogen and oxygen atoms in total. The quantitative estimate of drug-likeness (QED) is 0.243. The summed E-state index contributed by atoms with van der Waals surface area (Å²) in [6.45, 7) is 0.547. The fourth-order valence-electron chi connectivity index (χ4n) is 4.13. The lowest BCUT2D eigenvalue weighted by atomic mass is 10.0. The van der Waals surface area contributed by atoms with Crippen LogP contribution in [0.15, 0.2) is 103 Å². The molecule has 0 bridgehead atoms. The Hall–Kier alpha value is -3.80. The summed E-state index contributed by atoms with van der Waals surface area (Å²) >= 11 is 12.0. The molecule has 7 heteroatoms. The Labute approximate surface area is 233 Å². The number of nitrogens with one attached hydrogen (secondary N) is 1. The summed E-state index contributed by atoms with van der Waals surface area (Å²) in [4.78, 5) is 29.2. The van der Waals surface area contributed by atoms with Gasteiger partial charge in [0.2, 0.25) is 11.8 Å². The first-order valence-electron chi connectivity index (χ1n) is 12.2. The standard InChI is InChI=1S/C31H28Cl2N2O3/c1-38-28-17-11-24(12-18-28)21-35(29(36)19-22-7-13-26(32)14-8-22)30(25-5-3-2-4-6-25)31(37)34-20-23-9-15-27(33)16-10-23/h2-18,30H,19-21H2,1H3,(H,34,37)/t30-/m1/s1. The Kier molecular flexibility index (Phi) is 9.41. The minimum Gasteiger partial charge on any atom is -0.497 e. The van der Waals surface area contributed by atoms with E-state index in [0.29, 0.717) is 22.3 Å². The predicted octanol–water partition coefficient (Wildman–Crippen LogP) is 6.63. The van der Waals surface area contributed by atoms with E-state index < -0.39 is 6.04 Å². The lowest BCUT2D eigenvalue weighted by molar-refractivity contribution is -0.141. The van der Waals surface area contributed by atoms with Crippen LogP contribution in [0, 0.1) is 0 Å². The molecule has 1 N–H and O–H groups in total. The molecule has 4 rings (SSSR count). The van der Waals surface area contributed by atoms with Crippen LogP contribution in [0.5, 0.6) is 5.75 Å². The number of benzene rings is 4. The Morgan fingerprint density at radius 1 is 0.763 bits per heavy atom. The van der Waals surface area contributed by atoms with Gasteiger partial charge in [-0.05, 0) is 58.7 Å². The van der Waals surface area contributed by atoms with Crippen LogP contribution in [0.4, 0.5) is 0 Å². The van der Waals surface area contributed by atoms with E-state index in [1.54, 1.807) is 36.3 Å². The minimum atomic E-state index is -0.842. The molecule has 0 saturated carbocycles. The van der Waals surface area contributed by atoms with Crippen LogP contribution in [0.25, 0.3) is 0 Å². The van der Waals surface area contributed by atoms with Gasteiger partial charge >= 0.3 is 0 Å². The number of hydrogen-bond donors (Lipinski definition) is 1. The van der Waals surface area contributed by atoms with Crippen LogP contribution < -0.4 is 10.1 Å². The van der Waals surface area contributed by atoms with Gasteiger partial charge in [0, 0.05) is 23.1 Å². The largest absolute Gasteiger partial charge is 0.497 e. The van der Waals surface area contributed by atoms with Gasteiger partial charge in [0.15, 0.2) is 0 Å². The maximum atomic E-state index is 13.8. The molecule has 2 amide bonds. The van der Waals surface area contributed by atoms with E-state index in [0.717, 1.165) is 22.3 Å². The van der Waals surface area contributed by atoms with Gasteiger partial charge in [0.25, 0.3) is 0 Å². The number of ether oxygens (including phenoxy) is 1. The summed E-state index contributed by atoms with van der Waals surface area (Å²) in [6, 6.07) is 30.4. The number of halogens is 2. The van der Waals surface area contributed by atoms with Crippen molar-refractivity contribution < 1.29 is 14.3 Å². The number of nitrogens with zero attached hydrogens (tertiary/aromatic N) is 1. The highest BCUT2D eigenvalue weighted by atomic mass is 35.5. The average molecular weight is 547 g/mol. The summed E-state index contributed by atoms with van der Waals surface area (Å²) in [7, 11) is 1.60. The van der Waals surface area contributed by atoms with E-state index >= 15 is 0 Å². The molecular formula is C31H28Cl2N2O3. The molecule has 1 atom stereocenters. The highest BCUT2D eigenvalue weighted by Gasteiger charge is 2.31. The zero-order chi connectivity index (χ0) is 26.9. The molecule has 194 valence electrons. The normalized spacial score (nSPS) is 11.4. The number of hydrogen-bond acceptors (Lipinski definition) is 3. The van der Waals surface area contributed by atoms with Crippen LogP contribution in [-0.2, 0) is 29.1 Å². The van der Waals surface area contributed by atoms with E-state index in [2.05, 4.69) is 5.32 Å². The molecule has 38 heavy (non-hydrogen) atoms. The Morgan fingerprint density at radius 3 is 1.89 bits per heavy atom. The van der Waals surface area contributed by atoms with Crippen molar-refractivity contribution in [3.63, 3.8) is 0 Å². The number of rotatable bonds is 10. The molecule has 0 aliphatic heterocycles. The van der Waals surface area contributed by atoms with Gasteiger partial charge in [-0.15, -0.1) is 0 Å². The molecule has 0 aromatic heterocycles. The van der Waals surface area contributed by atoms with Gasteiger partial charge in [-0.1, -0.05) is 89.9 Å². The topological polar surface area (TPSA) is 58.6 Å². The molecule has 0 saturated heterocycles. The van der Waals surface area contributed by atoms with E-state index in [1.807, 2.05) is 78.9 Å². The van der Waals surface area contributed by atoms with Crippen molar-refractivity contribution in [1.82, 2.24) is 10.2 Å². The van der Waals surface area contributed by atoms with Crippen LogP contribution in [0.3, 0.4) is 0 Å². The monoisotopic (exact) mass is 546 g/mol. The van der Waals surface area contributed by atoms with Gasteiger partial charge in [0.1, 0.15) is 11.8 Å². The van der Waals surface area contributed by atoms with E-state index in [1.165, 1.54) is 0 Å². The highest BCUT2D eigenvalue weighted by Crippen LogP contribution is 2.26. The summed E-state index contributed by atoms with van der Waals surface area (Å²) in [5, 5.41) is 4.24. The first-order valence-corrected chi connectivity index (χ1v) is 12.9. The van der Waals surface area contributed by atoms with Gasteiger partial charge in [-0.3, -0.25) is 9.59 Å². The van der Waals surface area contributed by atoms with Gasteiger partial charge in [-0.25, -0.2) is 0 Å². The van der Waals surface area contributed by atoms with Crippen LogP contribution in [-0.4, -0.2) is 23.8 Å². The lowest BCUT2D eigenvalue weighted by Gasteiger charge is -2.32. The smallest absolute Gasteiger partial charge is 0.247 e. The Bertz CT molecular complexity index is 1340. The first kappa shape index (κ1) is 27.2. The number of amides is 2. The first-order chi connectivity index (χ1) is 18.4. The summed E-state index contributed by atoms with van der Waals surface area (Å²) in [5.41, 5.74) is 3.32. The molecule has 0 aliphatic rings.